The molecule has 0 aliphatic heterocycles. The van der Waals surface area contributed by atoms with E-state index < -0.39 is 23.5 Å². The van der Waals surface area contributed by atoms with Crippen LogP contribution in [0.4, 0.5) is 20.9 Å². The van der Waals surface area contributed by atoms with Gasteiger partial charge in [0, 0.05) is 0 Å². The molecule has 0 aromatic rings. The van der Waals surface area contributed by atoms with Crippen LogP contribution < -0.4 is 0 Å². The van der Waals surface area contributed by atoms with Gasteiger partial charge in [-0.3, -0.25) is 4.79 Å². The number of hydrogen-bond acceptors (Lipinski definition) is 1. The van der Waals surface area contributed by atoms with Crippen molar-refractivity contribution in [3.05, 3.63) is 0 Å². The minimum atomic E-state index is -5.29. The number of halogens is 5. The number of nitrogens with zero attached hydrogens (tertiary/aromatic N) is 1. The molecule has 0 aromatic heterocycles. The lowest BCUT2D eigenvalue weighted by atomic mass is 10.6. The average molecular weight is 181 g/mol. The number of hydrogen-bond donors (Lipinski definition) is 0. The van der Waals surface area contributed by atoms with E-state index >= 15 is 0 Å². The van der Waals surface area contributed by atoms with Crippen LogP contribution in [0.15, 0.2) is 4.36 Å². The van der Waals surface area contributed by atoms with Crippen molar-refractivity contribution in [3.63, 3.8) is 0 Å². The van der Waals surface area contributed by atoms with Crippen LogP contribution in [-0.2, 0) is 16.3 Å². The van der Waals surface area contributed by atoms with Gasteiger partial charge in [0.05, 0.1) is 0 Å². The summed E-state index contributed by atoms with van der Waals surface area (Å²) in [5.41, 5.74) is 0. The predicted molar refractivity (Wildman–Crippen MR) is 23.1 cm³/mol. The Labute approximate surface area is 54.7 Å². The standard InChI is InChI=1S/C2F5NOS/c3-2(4,5)1(9)8-10(6)7. The highest BCUT2D eigenvalue weighted by Crippen LogP contribution is 2.17. The first-order valence-corrected chi connectivity index (χ1v) is 2.72. The summed E-state index contributed by atoms with van der Waals surface area (Å²) in [6.07, 6.45) is -5.29. The molecule has 0 spiro atoms. The highest BCUT2D eigenvalue weighted by atomic mass is 32.2. The van der Waals surface area contributed by atoms with Crippen LogP contribution >= 0.6 is 0 Å². The Kier molecular flexibility index (Phi) is 2.88. The minimum absolute atomic E-state index is 1.48. The summed E-state index contributed by atoms with van der Waals surface area (Å²) in [6.45, 7) is 0. The molecule has 0 aliphatic carbocycles. The fourth-order valence-corrected chi connectivity index (χ4v) is 0.343. The normalized spacial score (nSPS) is 11.8. The summed E-state index contributed by atoms with van der Waals surface area (Å²) in [5, 5.41) is 0. The lowest BCUT2D eigenvalue weighted by Gasteiger charge is -1.96. The first-order chi connectivity index (χ1) is 4.34. The summed E-state index contributed by atoms with van der Waals surface area (Å²) < 4.78 is 56.5. The van der Waals surface area contributed by atoms with E-state index in [1.165, 1.54) is 4.36 Å². The van der Waals surface area contributed by atoms with Gasteiger partial charge in [0.1, 0.15) is 0 Å². The van der Waals surface area contributed by atoms with Gasteiger partial charge >= 0.3 is 12.1 Å². The molecule has 0 bridgehead atoms. The summed E-state index contributed by atoms with van der Waals surface area (Å²) in [6, 6.07) is 0. The fraction of sp³-hybridized carbons (Fsp3) is 0.500. The molecule has 0 aromatic carbocycles. The van der Waals surface area contributed by atoms with Crippen LogP contribution in [0.5, 0.6) is 0 Å². The topological polar surface area (TPSA) is 29.4 Å². The van der Waals surface area contributed by atoms with E-state index in [9.17, 15) is 25.7 Å². The Bertz CT molecular complexity index is 169. The molecule has 0 fully saturated rings. The minimum Gasteiger partial charge on any atom is -0.261 e. The SMILES string of the molecule is O=C(N=S(F)F)C(F)(F)F. The van der Waals surface area contributed by atoms with Crippen molar-refractivity contribution < 1.29 is 25.7 Å². The summed E-state index contributed by atoms with van der Waals surface area (Å²) in [5.74, 6) is -2.75. The molecule has 8 heteroatoms. The van der Waals surface area contributed by atoms with E-state index in [2.05, 4.69) is 0 Å². The number of rotatable bonds is 0. The van der Waals surface area contributed by atoms with Gasteiger partial charge in [-0.2, -0.15) is 13.2 Å². The Morgan fingerprint density at radius 1 is 1.30 bits per heavy atom. The highest BCUT2D eigenvalue weighted by Gasteiger charge is 2.39. The molecule has 0 atom stereocenters. The smallest absolute Gasteiger partial charge is 0.261 e. The third-order valence-corrected chi connectivity index (χ3v) is 0.698. The number of amides is 1. The Morgan fingerprint density at radius 2 is 1.70 bits per heavy atom. The molecular weight excluding hydrogens is 181 g/mol. The molecule has 2 nitrogen and oxygen atoms in total. The molecule has 10 heavy (non-hydrogen) atoms. The summed E-state index contributed by atoms with van der Waals surface area (Å²) >= 11 is -3.84. The van der Waals surface area contributed by atoms with Crippen molar-refractivity contribution >= 4 is 17.4 Å². The molecule has 60 valence electrons. The van der Waals surface area contributed by atoms with Gasteiger partial charge in [-0.1, -0.05) is 0 Å². The van der Waals surface area contributed by atoms with Crippen LogP contribution in [0, 0.1) is 0 Å². The second kappa shape index (κ2) is 3.04. The van der Waals surface area contributed by atoms with Gasteiger partial charge in [-0.15, -0.1) is 12.1 Å². The maximum absolute atomic E-state index is 11.0. The molecule has 0 rings (SSSR count). The molecule has 0 N–H and O–H groups in total. The van der Waals surface area contributed by atoms with Crippen LogP contribution in [0.25, 0.3) is 0 Å². The van der Waals surface area contributed by atoms with Crippen molar-refractivity contribution in [2.75, 3.05) is 0 Å². The van der Waals surface area contributed by atoms with Gasteiger partial charge in [0.2, 0.25) is 0 Å². The third kappa shape index (κ3) is 3.49. The van der Waals surface area contributed by atoms with Crippen LogP contribution in [-0.4, -0.2) is 12.1 Å². The predicted octanol–water partition coefficient (Wildman–Crippen LogP) is 1.65. The first-order valence-electron chi connectivity index (χ1n) is 1.74. The third-order valence-electron chi connectivity index (χ3n) is 0.394. The lowest BCUT2D eigenvalue weighted by Crippen LogP contribution is -2.20. The van der Waals surface area contributed by atoms with Crippen molar-refractivity contribution in [1.82, 2.24) is 0 Å². The second-order valence-electron chi connectivity index (χ2n) is 1.09. The average Bonchev–Trinajstić information content (AvgIpc) is 1.60. The zero-order valence-corrected chi connectivity index (χ0v) is 4.97. The fourth-order valence-electron chi connectivity index (χ4n) is 0.114. The monoisotopic (exact) mass is 181 g/mol. The van der Waals surface area contributed by atoms with E-state index in [1.807, 2.05) is 0 Å². The van der Waals surface area contributed by atoms with E-state index in [1.54, 1.807) is 0 Å². The molecule has 0 heterocycles. The van der Waals surface area contributed by atoms with Gasteiger partial charge in [0.25, 0.3) is 11.5 Å². The van der Waals surface area contributed by atoms with Crippen molar-refractivity contribution in [1.29, 1.82) is 0 Å². The van der Waals surface area contributed by atoms with Gasteiger partial charge in [-0.25, -0.2) is 0 Å². The first kappa shape index (κ1) is 9.47. The van der Waals surface area contributed by atoms with E-state index in [0.29, 0.717) is 0 Å². The van der Waals surface area contributed by atoms with Crippen LogP contribution in [0.2, 0.25) is 0 Å². The van der Waals surface area contributed by atoms with Crippen LogP contribution in [0.1, 0.15) is 0 Å². The quantitative estimate of drug-likeness (QED) is 0.522. The maximum atomic E-state index is 11.0. The largest absolute Gasteiger partial charge is 0.474 e. The van der Waals surface area contributed by atoms with Gasteiger partial charge < -0.3 is 0 Å². The maximum Gasteiger partial charge on any atom is 0.474 e. The molecule has 0 saturated heterocycles. The molecule has 0 unspecified atom stereocenters. The Morgan fingerprint density at radius 3 is 1.80 bits per heavy atom. The summed E-state index contributed by atoms with van der Waals surface area (Å²) in [7, 11) is 0. The number of alkyl halides is 3. The molecule has 0 aliphatic rings. The Balaban J connectivity index is 4.27. The van der Waals surface area contributed by atoms with Gasteiger partial charge in [-0.05, 0) is 0 Å². The lowest BCUT2D eigenvalue weighted by molar-refractivity contribution is -0.169. The van der Waals surface area contributed by atoms with Crippen molar-refractivity contribution in [3.8, 4) is 0 Å². The zero-order valence-electron chi connectivity index (χ0n) is 4.15. The highest BCUT2D eigenvalue weighted by molar-refractivity contribution is 7.77. The van der Waals surface area contributed by atoms with E-state index in [0.717, 1.165) is 0 Å². The zero-order chi connectivity index (χ0) is 8.36. The summed E-state index contributed by atoms with van der Waals surface area (Å²) in [4.78, 5) is 9.51. The Hall–Kier alpha value is -0.530. The number of carbonyl (C=O) groups excluding carboxylic acids is 1. The second-order valence-corrected chi connectivity index (χ2v) is 1.67. The molecule has 0 saturated carbocycles. The number of carbonyl (C=O) groups is 1. The molecule has 1 amide bonds. The van der Waals surface area contributed by atoms with E-state index in [4.69, 9.17) is 0 Å². The van der Waals surface area contributed by atoms with Crippen molar-refractivity contribution in [2.24, 2.45) is 4.36 Å². The van der Waals surface area contributed by atoms with Crippen LogP contribution in [0.3, 0.4) is 0 Å². The molecule has 0 radical (unpaired) electrons. The van der Waals surface area contributed by atoms with E-state index in [-0.39, 0.29) is 0 Å². The molecular formula is C2F5NOS. The van der Waals surface area contributed by atoms with Crippen molar-refractivity contribution in [2.45, 2.75) is 6.18 Å². The van der Waals surface area contributed by atoms with Gasteiger partial charge in [0.15, 0.2) is 0 Å².